The van der Waals surface area contributed by atoms with Crippen LogP contribution < -0.4 is 14.3 Å². The molecule has 0 bridgehead atoms. The molecule has 2 aromatic rings. The standard InChI is InChI=1S/C18H20F2N2O4S/c1-3-17(13-5-7-15(8-6-13)26-18(19)20)21-22-27(23,24)16-11-9-14(10-12-16)25-4-2/h5-12,18,22H,3-4H2,1-2H3/b21-17+. The Morgan fingerprint density at radius 1 is 1.04 bits per heavy atom. The summed E-state index contributed by atoms with van der Waals surface area (Å²) in [4.78, 5) is 2.24. The average Bonchev–Trinajstić information content (AvgIpc) is 2.64. The second-order valence-electron chi connectivity index (χ2n) is 5.31. The summed E-state index contributed by atoms with van der Waals surface area (Å²) in [7, 11) is -3.85. The molecule has 0 aliphatic carbocycles. The van der Waals surface area contributed by atoms with Gasteiger partial charge in [-0.2, -0.15) is 27.1 Å². The van der Waals surface area contributed by atoms with Gasteiger partial charge in [-0.1, -0.05) is 6.92 Å². The fraction of sp³-hybridized carbons (Fsp3) is 0.278. The molecule has 0 aliphatic heterocycles. The minimum Gasteiger partial charge on any atom is -0.494 e. The van der Waals surface area contributed by atoms with Crippen molar-refractivity contribution in [3.63, 3.8) is 0 Å². The second-order valence-corrected chi connectivity index (χ2v) is 6.97. The minimum absolute atomic E-state index is 0.0131. The second kappa shape index (κ2) is 9.31. The zero-order valence-corrected chi connectivity index (χ0v) is 15.7. The molecule has 6 nitrogen and oxygen atoms in total. The quantitative estimate of drug-likeness (QED) is 0.515. The van der Waals surface area contributed by atoms with Gasteiger partial charge in [-0.3, -0.25) is 0 Å². The van der Waals surface area contributed by atoms with E-state index in [0.29, 0.717) is 30.1 Å². The molecule has 2 aromatic carbocycles. The third kappa shape index (κ3) is 5.92. The van der Waals surface area contributed by atoms with Crippen LogP contribution in [0.25, 0.3) is 0 Å². The van der Waals surface area contributed by atoms with Gasteiger partial charge in [0, 0.05) is 0 Å². The lowest BCUT2D eigenvalue weighted by atomic mass is 10.1. The van der Waals surface area contributed by atoms with Gasteiger partial charge in [0.2, 0.25) is 0 Å². The lowest BCUT2D eigenvalue weighted by Crippen LogP contribution is -2.20. The van der Waals surface area contributed by atoms with Gasteiger partial charge in [-0.25, -0.2) is 0 Å². The lowest BCUT2D eigenvalue weighted by Gasteiger charge is -2.09. The number of hydrogen-bond acceptors (Lipinski definition) is 5. The molecule has 0 radical (unpaired) electrons. The first-order chi connectivity index (χ1) is 12.9. The molecule has 27 heavy (non-hydrogen) atoms. The Balaban J connectivity index is 2.14. The Bertz CT molecular complexity index is 867. The summed E-state index contributed by atoms with van der Waals surface area (Å²) in [5, 5.41) is 3.97. The number of rotatable bonds is 9. The van der Waals surface area contributed by atoms with Gasteiger partial charge < -0.3 is 9.47 Å². The highest BCUT2D eigenvalue weighted by Gasteiger charge is 2.14. The molecule has 0 fully saturated rings. The fourth-order valence-electron chi connectivity index (χ4n) is 2.23. The van der Waals surface area contributed by atoms with Gasteiger partial charge in [-0.05, 0) is 67.4 Å². The highest BCUT2D eigenvalue weighted by molar-refractivity contribution is 7.89. The number of hydrazone groups is 1. The number of alkyl halides is 2. The first kappa shape index (κ1) is 20.6. The van der Waals surface area contributed by atoms with Crippen LogP contribution in [0.3, 0.4) is 0 Å². The van der Waals surface area contributed by atoms with E-state index in [1.807, 2.05) is 6.92 Å². The molecular weight excluding hydrogens is 378 g/mol. The third-order valence-corrected chi connectivity index (χ3v) is 4.72. The van der Waals surface area contributed by atoms with E-state index in [1.165, 1.54) is 36.4 Å². The van der Waals surface area contributed by atoms with Crippen LogP contribution in [0.1, 0.15) is 25.8 Å². The van der Waals surface area contributed by atoms with E-state index in [1.54, 1.807) is 19.1 Å². The molecule has 9 heteroatoms. The SMILES string of the molecule is CCOc1ccc(S(=O)(=O)N/N=C(\CC)c2ccc(OC(F)F)cc2)cc1. The lowest BCUT2D eigenvalue weighted by molar-refractivity contribution is -0.0498. The van der Waals surface area contributed by atoms with Crippen molar-refractivity contribution in [1.82, 2.24) is 4.83 Å². The van der Waals surface area contributed by atoms with Crippen LogP contribution in [0.5, 0.6) is 11.5 Å². The zero-order chi connectivity index (χ0) is 19.9. The summed E-state index contributed by atoms with van der Waals surface area (Å²) >= 11 is 0. The fourth-order valence-corrected chi connectivity index (χ4v) is 3.06. The van der Waals surface area contributed by atoms with E-state index in [0.717, 1.165) is 0 Å². The van der Waals surface area contributed by atoms with Crippen molar-refractivity contribution in [3.8, 4) is 11.5 Å². The normalized spacial score (nSPS) is 12.1. The zero-order valence-electron chi connectivity index (χ0n) is 14.9. The molecule has 0 heterocycles. The number of nitrogens with one attached hydrogen (secondary N) is 1. The Hall–Kier alpha value is -2.68. The van der Waals surface area contributed by atoms with Crippen LogP contribution in [0.4, 0.5) is 8.78 Å². The minimum atomic E-state index is -3.85. The van der Waals surface area contributed by atoms with E-state index >= 15 is 0 Å². The summed E-state index contributed by atoms with van der Waals surface area (Å²) in [6, 6.07) is 11.8. The maximum atomic E-state index is 12.4. The maximum absolute atomic E-state index is 12.4. The van der Waals surface area contributed by atoms with Crippen LogP contribution in [0, 0.1) is 0 Å². The molecule has 0 spiro atoms. The van der Waals surface area contributed by atoms with Crippen molar-refractivity contribution < 1.29 is 26.7 Å². The van der Waals surface area contributed by atoms with Gasteiger partial charge in [0.15, 0.2) is 0 Å². The smallest absolute Gasteiger partial charge is 0.387 e. The molecule has 146 valence electrons. The number of nitrogens with zero attached hydrogens (tertiary/aromatic N) is 1. The van der Waals surface area contributed by atoms with Gasteiger partial charge in [-0.15, -0.1) is 0 Å². The summed E-state index contributed by atoms with van der Waals surface area (Å²) < 4.78 is 58.7. The predicted octanol–water partition coefficient (Wildman–Crippen LogP) is 3.78. The summed E-state index contributed by atoms with van der Waals surface area (Å²) in [5.41, 5.74) is 1.04. The predicted molar refractivity (Wildman–Crippen MR) is 97.8 cm³/mol. The topological polar surface area (TPSA) is 77.0 Å². The number of hydrogen-bond donors (Lipinski definition) is 1. The largest absolute Gasteiger partial charge is 0.494 e. The first-order valence-corrected chi connectivity index (χ1v) is 9.70. The summed E-state index contributed by atoms with van der Waals surface area (Å²) in [6.07, 6.45) is 0.431. The van der Waals surface area contributed by atoms with E-state index < -0.39 is 16.6 Å². The molecule has 0 saturated heterocycles. The molecule has 0 aromatic heterocycles. The number of halogens is 2. The molecular formula is C18H20F2N2O4S. The average molecular weight is 398 g/mol. The van der Waals surface area contributed by atoms with Gasteiger partial charge in [0.05, 0.1) is 17.2 Å². The maximum Gasteiger partial charge on any atom is 0.387 e. The number of sulfonamides is 1. The van der Waals surface area contributed by atoms with E-state index in [-0.39, 0.29) is 10.6 Å². The van der Waals surface area contributed by atoms with Crippen molar-refractivity contribution >= 4 is 15.7 Å². The van der Waals surface area contributed by atoms with Crippen molar-refractivity contribution in [3.05, 3.63) is 54.1 Å². The molecule has 0 atom stereocenters. The van der Waals surface area contributed by atoms with Crippen molar-refractivity contribution in [1.29, 1.82) is 0 Å². The number of benzene rings is 2. The summed E-state index contributed by atoms with van der Waals surface area (Å²) in [5.74, 6) is 0.583. The highest BCUT2D eigenvalue weighted by atomic mass is 32.2. The van der Waals surface area contributed by atoms with Crippen LogP contribution in [-0.2, 0) is 10.0 Å². The van der Waals surface area contributed by atoms with Gasteiger partial charge >= 0.3 is 6.61 Å². The molecule has 2 rings (SSSR count). The Labute approximate surface area is 156 Å². The highest BCUT2D eigenvalue weighted by Crippen LogP contribution is 2.18. The Morgan fingerprint density at radius 3 is 2.15 bits per heavy atom. The van der Waals surface area contributed by atoms with Crippen LogP contribution in [0.2, 0.25) is 0 Å². The van der Waals surface area contributed by atoms with Gasteiger partial charge in [0.25, 0.3) is 10.0 Å². The van der Waals surface area contributed by atoms with Crippen molar-refractivity contribution in [2.75, 3.05) is 6.61 Å². The van der Waals surface area contributed by atoms with Crippen LogP contribution in [-0.4, -0.2) is 27.3 Å². The van der Waals surface area contributed by atoms with E-state index in [4.69, 9.17) is 4.74 Å². The molecule has 0 unspecified atom stereocenters. The Kier molecular flexibility index (Phi) is 7.12. The monoisotopic (exact) mass is 398 g/mol. The third-order valence-electron chi connectivity index (χ3n) is 3.49. The molecule has 0 saturated carbocycles. The molecule has 1 N–H and O–H groups in total. The van der Waals surface area contributed by atoms with E-state index in [2.05, 4.69) is 14.7 Å². The Morgan fingerprint density at radius 2 is 1.63 bits per heavy atom. The van der Waals surface area contributed by atoms with E-state index in [9.17, 15) is 17.2 Å². The van der Waals surface area contributed by atoms with Crippen molar-refractivity contribution in [2.45, 2.75) is 31.8 Å². The van der Waals surface area contributed by atoms with Crippen LogP contribution >= 0.6 is 0 Å². The van der Waals surface area contributed by atoms with Crippen molar-refractivity contribution in [2.24, 2.45) is 5.10 Å². The molecule has 0 aliphatic rings. The van der Waals surface area contributed by atoms with Crippen LogP contribution in [0.15, 0.2) is 58.5 Å². The van der Waals surface area contributed by atoms with Gasteiger partial charge in [0.1, 0.15) is 11.5 Å². The number of ether oxygens (including phenoxy) is 2. The first-order valence-electron chi connectivity index (χ1n) is 8.22. The summed E-state index contributed by atoms with van der Waals surface area (Å²) in [6.45, 7) is 1.21. The molecule has 0 amide bonds.